The second-order valence-corrected chi connectivity index (χ2v) is 9.16. The van der Waals surface area contributed by atoms with Crippen LogP contribution in [0, 0.1) is 0 Å². The van der Waals surface area contributed by atoms with Gasteiger partial charge in [0.25, 0.3) is 0 Å². The molecule has 0 saturated carbocycles. The van der Waals surface area contributed by atoms with E-state index in [0.717, 1.165) is 6.54 Å². The highest BCUT2D eigenvalue weighted by Crippen LogP contribution is 2.38. The molecule has 2 aliphatic rings. The zero-order valence-corrected chi connectivity index (χ0v) is 13.8. The maximum atomic E-state index is 3.78. The van der Waals surface area contributed by atoms with Crippen molar-refractivity contribution >= 4 is 23.1 Å². The van der Waals surface area contributed by atoms with Gasteiger partial charge in [0, 0.05) is 27.1 Å². The summed E-state index contributed by atoms with van der Waals surface area (Å²) in [4.78, 5) is 3.22. The quantitative estimate of drug-likeness (QED) is 0.873. The van der Waals surface area contributed by atoms with Crippen molar-refractivity contribution < 1.29 is 0 Å². The molecule has 1 aliphatic heterocycles. The third kappa shape index (κ3) is 3.20. The van der Waals surface area contributed by atoms with Crippen LogP contribution in [0.5, 0.6) is 0 Å². The summed E-state index contributed by atoms with van der Waals surface area (Å²) in [6.45, 7) is 5.91. The topological polar surface area (TPSA) is 12.0 Å². The van der Waals surface area contributed by atoms with E-state index in [1.54, 1.807) is 15.3 Å². The van der Waals surface area contributed by atoms with Crippen molar-refractivity contribution in [3.63, 3.8) is 0 Å². The number of thiophene rings is 1. The predicted molar refractivity (Wildman–Crippen MR) is 87.5 cm³/mol. The molecule has 0 radical (unpaired) electrons. The number of hydrogen-bond donors (Lipinski definition) is 1. The van der Waals surface area contributed by atoms with Crippen molar-refractivity contribution in [2.24, 2.45) is 0 Å². The lowest BCUT2D eigenvalue weighted by atomic mass is 9.99. The highest BCUT2D eigenvalue weighted by Gasteiger charge is 2.29. The van der Waals surface area contributed by atoms with E-state index in [0.29, 0.717) is 10.8 Å². The van der Waals surface area contributed by atoms with Crippen molar-refractivity contribution in [2.45, 2.75) is 63.2 Å². The molecule has 2 unspecified atom stereocenters. The average Bonchev–Trinajstić information content (AvgIpc) is 3.02. The molecule has 2 heterocycles. The molecule has 1 N–H and O–H groups in total. The Bertz CT molecular complexity index is 408. The molecule has 1 saturated heterocycles. The van der Waals surface area contributed by atoms with Crippen LogP contribution in [-0.4, -0.2) is 17.0 Å². The zero-order chi connectivity index (χ0) is 13.3. The fraction of sp³-hybridized carbons (Fsp3) is 0.750. The van der Waals surface area contributed by atoms with Crippen molar-refractivity contribution in [3.05, 3.63) is 21.4 Å². The van der Waals surface area contributed by atoms with E-state index in [1.165, 1.54) is 44.3 Å². The molecule has 1 nitrogen and oxygen atoms in total. The van der Waals surface area contributed by atoms with Crippen LogP contribution in [0.25, 0.3) is 0 Å². The Morgan fingerprint density at radius 2 is 2.16 bits per heavy atom. The van der Waals surface area contributed by atoms with Crippen LogP contribution in [-0.2, 0) is 12.8 Å². The summed E-state index contributed by atoms with van der Waals surface area (Å²) in [6, 6.07) is 3.00. The van der Waals surface area contributed by atoms with Crippen LogP contribution in [0.3, 0.4) is 0 Å². The van der Waals surface area contributed by atoms with Crippen LogP contribution >= 0.6 is 23.1 Å². The first kappa shape index (κ1) is 14.0. The van der Waals surface area contributed by atoms with Gasteiger partial charge in [-0.1, -0.05) is 0 Å². The molecule has 0 aromatic carbocycles. The summed E-state index contributed by atoms with van der Waals surface area (Å²) in [5.74, 6) is 1.35. The standard InChI is InChI=1S/C16H25NS2/c1-12(17-11-16(2)8-5-9-18-16)15-10-13-6-3-4-7-14(13)19-15/h10,12,17H,3-9,11H2,1-2H3. The van der Waals surface area contributed by atoms with Gasteiger partial charge in [0.05, 0.1) is 0 Å². The number of aryl methyl sites for hydroxylation is 2. The maximum absolute atomic E-state index is 3.78. The molecule has 3 heteroatoms. The lowest BCUT2D eigenvalue weighted by Gasteiger charge is -2.25. The minimum Gasteiger partial charge on any atom is -0.308 e. The van der Waals surface area contributed by atoms with Gasteiger partial charge in [-0.3, -0.25) is 0 Å². The van der Waals surface area contributed by atoms with Crippen molar-refractivity contribution in [1.82, 2.24) is 5.32 Å². The number of rotatable bonds is 4. The average molecular weight is 296 g/mol. The molecule has 3 rings (SSSR count). The van der Waals surface area contributed by atoms with Crippen LogP contribution in [0.15, 0.2) is 6.07 Å². The normalized spacial score (nSPS) is 28.3. The van der Waals surface area contributed by atoms with Gasteiger partial charge >= 0.3 is 0 Å². The minimum absolute atomic E-state index is 0.477. The van der Waals surface area contributed by atoms with Crippen molar-refractivity contribution in [3.8, 4) is 0 Å². The molecule has 2 atom stereocenters. The SMILES string of the molecule is CC(NCC1(C)CCCS1)c1cc2c(s1)CCCC2. The summed E-state index contributed by atoms with van der Waals surface area (Å²) in [5, 5.41) is 3.78. The highest BCUT2D eigenvalue weighted by molar-refractivity contribution is 8.00. The fourth-order valence-corrected chi connectivity index (χ4v) is 5.71. The summed E-state index contributed by atoms with van der Waals surface area (Å²) >= 11 is 4.21. The highest BCUT2D eigenvalue weighted by atomic mass is 32.2. The van der Waals surface area contributed by atoms with E-state index in [9.17, 15) is 0 Å². The molecule has 1 aliphatic carbocycles. The van der Waals surface area contributed by atoms with Crippen LogP contribution in [0.1, 0.15) is 60.9 Å². The van der Waals surface area contributed by atoms with Gasteiger partial charge in [-0.2, -0.15) is 11.8 Å². The Labute approximate surface area is 125 Å². The Hall–Kier alpha value is 0.01000. The lowest BCUT2D eigenvalue weighted by molar-refractivity contribution is 0.494. The third-order valence-electron chi connectivity index (χ3n) is 4.53. The number of fused-ring (bicyclic) bond motifs is 1. The van der Waals surface area contributed by atoms with Gasteiger partial charge in [0.1, 0.15) is 0 Å². The first-order valence-corrected chi connectivity index (χ1v) is 9.45. The van der Waals surface area contributed by atoms with Crippen LogP contribution < -0.4 is 5.32 Å². The summed E-state index contributed by atoms with van der Waals surface area (Å²) in [6.07, 6.45) is 8.18. The van der Waals surface area contributed by atoms with Crippen LogP contribution in [0.4, 0.5) is 0 Å². The summed E-state index contributed by atoms with van der Waals surface area (Å²) < 4.78 is 0.477. The Morgan fingerprint density at radius 3 is 2.89 bits per heavy atom. The van der Waals surface area contributed by atoms with E-state index in [4.69, 9.17) is 0 Å². The Kier molecular flexibility index (Phi) is 4.25. The molecule has 1 aromatic heterocycles. The second kappa shape index (κ2) is 5.79. The van der Waals surface area contributed by atoms with Crippen molar-refractivity contribution in [2.75, 3.05) is 12.3 Å². The number of nitrogens with one attached hydrogen (secondary N) is 1. The molecular weight excluding hydrogens is 270 g/mol. The Morgan fingerprint density at radius 1 is 1.32 bits per heavy atom. The van der Waals surface area contributed by atoms with Gasteiger partial charge in [-0.15, -0.1) is 11.3 Å². The largest absolute Gasteiger partial charge is 0.308 e. The van der Waals surface area contributed by atoms with E-state index < -0.39 is 0 Å². The molecule has 1 aromatic rings. The van der Waals surface area contributed by atoms with E-state index in [2.05, 4.69) is 48.3 Å². The second-order valence-electron chi connectivity index (χ2n) is 6.31. The molecule has 0 spiro atoms. The molecule has 19 heavy (non-hydrogen) atoms. The van der Waals surface area contributed by atoms with Crippen LogP contribution in [0.2, 0.25) is 0 Å². The van der Waals surface area contributed by atoms with E-state index in [1.807, 2.05) is 0 Å². The third-order valence-corrected chi connectivity index (χ3v) is 7.48. The maximum Gasteiger partial charge on any atom is 0.0386 e. The molecule has 0 amide bonds. The van der Waals surface area contributed by atoms with Gasteiger partial charge in [-0.05, 0) is 69.8 Å². The number of hydrogen-bond acceptors (Lipinski definition) is 3. The fourth-order valence-electron chi connectivity index (χ4n) is 3.17. The Balaban J connectivity index is 1.60. The first-order valence-electron chi connectivity index (χ1n) is 7.65. The first-order chi connectivity index (χ1) is 9.16. The van der Waals surface area contributed by atoms with Crippen molar-refractivity contribution in [1.29, 1.82) is 0 Å². The van der Waals surface area contributed by atoms with E-state index >= 15 is 0 Å². The zero-order valence-electron chi connectivity index (χ0n) is 12.1. The van der Waals surface area contributed by atoms with Gasteiger partial charge < -0.3 is 5.32 Å². The number of thioether (sulfide) groups is 1. The molecule has 0 bridgehead atoms. The van der Waals surface area contributed by atoms with Gasteiger partial charge in [-0.25, -0.2) is 0 Å². The molecule has 1 fully saturated rings. The van der Waals surface area contributed by atoms with E-state index in [-0.39, 0.29) is 0 Å². The van der Waals surface area contributed by atoms with Gasteiger partial charge in [0.2, 0.25) is 0 Å². The summed E-state index contributed by atoms with van der Waals surface area (Å²) in [5.41, 5.74) is 1.64. The summed E-state index contributed by atoms with van der Waals surface area (Å²) in [7, 11) is 0. The lowest BCUT2D eigenvalue weighted by Crippen LogP contribution is -2.34. The minimum atomic E-state index is 0.477. The van der Waals surface area contributed by atoms with Gasteiger partial charge in [0.15, 0.2) is 0 Å². The smallest absolute Gasteiger partial charge is 0.0386 e. The predicted octanol–water partition coefficient (Wildman–Crippen LogP) is 4.56. The monoisotopic (exact) mass is 295 g/mol. The molecule has 106 valence electrons. The molecular formula is C16H25NS2.